The van der Waals surface area contributed by atoms with Crippen molar-refractivity contribution in [2.75, 3.05) is 7.05 Å². The highest BCUT2D eigenvalue weighted by Crippen LogP contribution is 2.50. The van der Waals surface area contributed by atoms with Gasteiger partial charge in [-0.3, -0.25) is 4.79 Å². The van der Waals surface area contributed by atoms with Gasteiger partial charge in [-0.25, -0.2) is 0 Å². The minimum Gasteiger partial charge on any atom is -0.342 e. The molecule has 2 saturated heterocycles. The van der Waals surface area contributed by atoms with E-state index in [9.17, 15) is 4.79 Å². The number of hydrogen-bond donors (Lipinski definition) is 1. The van der Waals surface area contributed by atoms with Crippen LogP contribution in [0.25, 0.3) is 0 Å². The molecule has 1 N–H and O–H groups in total. The monoisotopic (exact) mass is 284 g/mol. The molecule has 2 atom stereocenters. The largest absolute Gasteiger partial charge is 0.342 e. The summed E-state index contributed by atoms with van der Waals surface area (Å²) in [5.74, 6) is 0.347. The molecule has 21 heavy (non-hydrogen) atoms. The Morgan fingerprint density at radius 3 is 2.33 bits per heavy atom. The van der Waals surface area contributed by atoms with Crippen LogP contribution < -0.4 is 5.32 Å². The first-order valence-corrected chi connectivity index (χ1v) is 8.28. The first kappa shape index (κ1) is 13.3. The Hall–Kier alpha value is -1.35. The first-order chi connectivity index (χ1) is 10.2. The fraction of sp³-hybridized carbons (Fsp3) is 0.611. The Labute approximate surface area is 126 Å². The van der Waals surface area contributed by atoms with Gasteiger partial charge in [0.25, 0.3) is 0 Å². The van der Waals surface area contributed by atoms with Gasteiger partial charge >= 0.3 is 0 Å². The second-order valence-corrected chi connectivity index (χ2v) is 7.13. The molecule has 4 rings (SSSR count). The van der Waals surface area contributed by atoms with Gasteiger partial charge in [-0.05, 0) is 44.1 Å². The van der Waals surface area contributed by atoms with Gasteiger partial charge in [0, 0.05) is 25.2 Å². The lowest BCUT2D eigenvalue weighted by Crippen LogP contribution is -2.51. The minimum absolute atomic E-state index is 0.208. The van der Waals surface area contributed by atoms with Gasteiger partial charge in [0.1, 0.15) is 0 Å². The van der Waals surface area contributed by atoms with Crippen LogP contribution in [0.15, 0.2) is 30.3 Å². The number of benzene rings is 1. The standard InChI is InChI=1S/C18H24N2O/c1-20(16-11-14-7-8-15(12-16)19-14)17(21)18(9-10-18)13-5-3-2-4-6-13/h2-6,14-16,19H,7-12H2,1H3. The Balaban J connectivity index is 1.52. The van der Waals surface area contributed by atoms with Crippen LogP contribution in [-0.4, -0.2) is 36.0 Å². The molecule has 3 aliphatic rings. The van der Waals surface area contributed by atoms with Gasteiger partial charge in [0.2, 0.25) is 5.91 Å². The Bertz CT molecular complexity index is 525. The molecule has 3 heteroatoms. The Kier molecular flexibility index (Phi) is 3.07. The van der Waals surface area contributed by atoms with Gasteiger partial charge in [0.15, 0.2) is 0 Å². The zero-order valence-corrected chi connectivity index (χ0v) is 12.7. The molecule has 1 aliphatic carbocycles. The van der Waals surface area contributed by atoms with Gasteiger partial charge in [-0.15, -0.1) is 0 Å². The molecule has 0 radical (unpaired) electrons. The third kappa shape index (κ3) is 2.18. The number of amides is 1. The van der Waals surface area contributed by atoms with Crippen molar-refractivity contribution in [2.45, 2.75) is 62.1 Å². The normalized spacial score (nSPS) is 32.7. The Morgan fingerprint density at radius 2 is 1.76 bits per heavy atom. The van der Waals surface area contributed by atoms with Crippen LogP contribution in [-0.2, 0) is 10.2 Å². The second kappa shape index (κ2) is 4.84. The van der Waals surface area contributed by atoms with Crippen LogP contribution in [0.4, 0.5) is 0 Å². The molecule has 1 aromatic carbocycles. The lowest BCUT2D eigenvalue weighted by atomic mass is 9.92. The maximum Gasteiger partial charge on any atom is 0.233 e. The van der Waals surface area contributed by atoms with E-state index in [1.807, 2.05) is 25.2 Å². The SMILES string of the molecule is CN(C(=O)C1(c2ccccc2)CC1)C1CC2CCC(C1)N2. The number of piperidine rings is 1. The van der Waals surface area contributed by atoms with E-state index in [1.165, 1.54) is 18.4 Å². The topological polar surface area (TPSA) is 32.3 Å². The van der Waals surface area contributed by atoms with Gasteiger partial charge in [-0.1, -0.05) is 30.3 Å². The van der Waals surface area contributed by atoms with Crippen molar-refractivity contribution < 1.29 is 4.79 Å². The summed E-state index contributed by atoms with van der Waals surface area (Å²) in [5, 5.41) is 3.66. The van der Waals surface area contributed by atoms with Crippen molar-refractivity contribution in [2.24, 2.45) is 0 Å². The van der Waals surface area contributed by atoms with E-state index in [2.05, 4.69) is 22.3 Å². The summed E-state index contributed by atoms with van der Waals surface area (Å²) in [4.78, 5) is 15.1. The van der Waals surface area contributed by atoms with E-state index < -0.39 is 0 Å². The number of fused-ring (bicyclic) bond motifs is 2. The fourth-order valence-corrected chi connectivity index (χ4v) is 4.36. The highest BCUT2D eigenvalue weighted by Gasteiger charge is 2.53. The van der Waals surface area contributed by atoms with E-state index in [4.69, 9.17) is 0 Å². The number of carbonyl (C=O) groups is 1. The quantitative estimate of drug-likeness (QED) is 0.925. The number of carbonyl (C=O) groups excluding carboxylic acids is 1. The van der Waals surface area contributed by atoms with Crippen molar-refractivity contribution in [3.05, 3.63) is 35.9 Å². The van der Waals surface area contributed by atoms with Crippen molar-refractivity contribution in [1.82, 2.24) is 10.2 Å². The fourth-order valence-electron chi connectivity index (χ4n) is 4.36. The third-order valence-corrected chi connectivity index (χ3v) is 5.80. The summed E-state index contributed by atoms with van der Waals surface area (Å²) >= 11 is 0. The maximum absolute atomic E-state index is 13.1. The zero-order valence-electron chi connectivity index (χ0n) is 12.7. The summed E-state index contributed by atoms with van der Waals surface area (Å²) in [7, 11) is 2.03. The van der Waals surface area contributed by atoms with Crippen LogP contribution >= 0.6 is 0 Å². The molecule has 2 bridgehead atoms. The maximum atomic E-state index is 13.1. The minimum atomic E-state index is -0.208. The van der Waals surface area contributed by atoms with E-state index in [0.29, 0.717) is 24.0 Å². The van der Waals surface area contributed by atoms with E-state index >= 15 is 0 Å². The van der Waals surface area contributed by atoms with Crippen LogP contribution in [0.5, 0.6) is 0 Å². The lowest BCUT2D eigenvalue weighted by molar-refractivity contribution is -0.135. The summed E-state index contributed by atoms with van der Waals surface area (Å²) in [6.07, 6.45) is 6.85. The van der Waals surface area contributed by atoms with Crippen molar-refractivity contribution >= 4 is 5.91 Å². The van der Waals surface area contributed by atoms with Gasteiger partial charge < -0.3 is 10.2 Å². The van der Waals surface area contributed by atoms with Crippen LogP contribution in [0.3, 0.4) is 0 Å². The van der Waals surface area contributed by atoms with Crippen molar-refractivity contribution in [1.29, 1.82) is 0 Å². The van der Waals surface area contributed by atoms with E-state index in [1.54, 1.807) is 0 Å². The lowest BCUT2D eigenvalue weighted by Gasteiger charge is -2.37. The Morgan fingerprint density at radius 1 is 1.14 bits per heavy atom. The molecule has 112 valence electrons. The summed E-state index contributed by atoms with van der Waals surface area (Å²) < 4.78 is 0. The van der Waals surface area contributed by atoms with E-state index in [-0.39, 0.29) is 5.41 Å². The average Bonchev–Trinajstić information content (AvgIpc) is 3.28. The molecule has 1 amide bonds. The molecule has 3 fully saturated rings. The smallest absolute Gasteiger partial charge is 0.233 e. The molecular formula is C18H24N2O. The summed E-state index contributed by atoms with van der Waals surface area (Å²) in [6, 6.07) is 12.1. The third-order valence-electron chi connectivity index (χ3n) is 5.80. The number of rotatable bonds is 3. The predicted octanol–water partition coefficient (Wildman–Crippen LogP) is 2.46. The first-order valence-electron chi connectivity index (χ1n) is 8.28. The number of nitrogens with one attached hydrogen (secondary N) is 1. The summed E-state index contributed by atoms with van der Waals surface area (Å²) in [5.41, 5.74) is 0.999. The van der Waals surface area contributed by atoms with Crippen LogP contribution in [0, 0.1) is 0 Å². The molecule has 1 saturated carbocycles. The second-order valence-electron chi connectivity index (χ2n) is 7.13. The number of nitrogens with zero attached hydrogens (tertiary/aromatic N) is 1. The predicted molar refractivity (Wildman–Crippen MR) is 83.1 cm³/mol. The zero-order chi connectivity index (χ0) is 14.4. The van der Waals surface area contributed by atoms with Gasteiger partial charge in [-0.2, -0.15) is 0 Å². The molecule has 2 aliphatic heterocycles. The van der Waals surface area contributed by atoms with Gasteiger partial charge in [0.05, 0.1) is 5.41 Å². The molecule has 0 aromatic heterocycles. The van der Waals surface area contributed by atoms with Crippen molar-refractivity contribution in [3.8, 4) is 0 Å². The summed E-state index contributed by atoms with van der Waals surface area (Å²) in [6.45, 7) is 0. The number of hydrogen-bond acceptors (Lipinski definition) is 2. The highest BCUT2D eigenvalue weighted by molar-refractivity contribution is 5.91. The van der Waals surface area contributed by atoms with E-state index in [0.717, 1.165) is 25.7 Å². The van der Waals surface area contributed by atoms with Crippen LogP contribution in [0.1, 0.15) is 44.1 Å². The highest BCUT2D eigenvalue weighted by atomic mass is 16.2. The van der Waals surface area contributed by atoms with Crippen LogP contribution in [0.2, 0.25) is 0 Å². The molecule has 2 unspecified atom stereocenters. The molecule has 3 nitrogen and oxygen atoms in total. The molecule has 0 spiro atoms. The molecule has 2 heterocycles. The molecule has 1 aromatic rings. The number of likely N-dealkylation sites (N-methyl/N-ethyl adjacent to an activating group) is 1. The average molecular weight is 284 g/mol. The molecular weight excluding hydrogens is 260 g/mol. The van der Waals surface area contributed by atoms with Crippen molar-refractivity contribution in [3.63, 3.8) is 0 Å².